The van der Waals surface area contributed by atoms with E-state index < -0.39 is 10.0 Å². The Bertz CT molecular complexity index is 916. The van der Waals surface area contributed by atoms with Crippen LogP contribution in [0.4, 0.5) is 5.69 Å². The molecule has 0 saturated heterocycles. The van der Waals surface area contributed by atoms with Crippen LogP contribution in [0.25, 0.3) is 0 Å². The van der Waals surface area contributed by atoms with Gasteiger partial charge >= 0.3 is 0 Å². The SMILES string of the molecule is CC(C)(C)CNC(=O)c1ccc2c(c1)CCN2S(=O)(=O)c1ccccc1. The first-order valence-electron chi connectivity index (χ1n) is 8.67. The van der Waals surface area contributed by atoms with E-state index in [0.717, 1.165) is 5.56 Å². The third-order valence-corrected chi connectivity index (χ3v) is 6.13. The van der Waals surface area contributed by atoms with Crippen LogP contribution in [0.2, 0.25) is 0 Å². The Hall–Kier alpha value is -2.34. The maximum Gasteiger partial charge on any atom is 0.264 e. The van der Waals surface area contributed by atoms with E-state index in [2.05, 4.69) is 26.1 Å². The highest BCUT2D eigenvalue weighted by Gasteiger charge is 2.31. The van der Waals surface area contributed by atoms with Crippen LogP contribution in [0.15, 0.2) is 53.4 Å². The molecule has 0 atom stereocenters. The highest BCUT2D eigenvalue weighted by Crippen LogP contribution is 2.33. The van der Waals surface area contributed by atoms with Crippen molar-refractivity contribution >= 4 is 21.6 Å². The largest absolute Gasteiger partial charge is 0.352 e. The average molecular weight is 372 g/mol. The summed E-state index contributed by atoms with van der Waals surface area (Å²) in [7, 11) is -3.58. The zero-order valence-electron chi connectivity index (χ0n) is 15.3. The van der Waals surface area contributed by atoms with Gasteiger partial charge in [-0.2, -0.15) is 0 Å². The number of nitrogens with zero attached hydrogens (tertiary/aromatic N) is 1. The second kappa shape index (κ2) is 6.76. The van der Waals surface area contributed by atoms with Gasteiger partial charge in [0.1, 0.15) is 0 Å². The summed E-state index contributed by atoms with van der Waals surface area (Å²) < 4.78 is 27.2. The summed E-state index contributed by atoms with van der Waals surface area (Å²) in [5.41, 5.74) is 2.11. The quantitative estimate of drug-likeness (QED) is 0.896. The van der Waals surface area contributed by atoms with Gasteiger partial charge in [-0.15, -0.1) is 0 Å². The first-order chi connectivity index (χ1) is 12.2. The number of fused-ring (bicyclic) bond motifs is 1. The van der Waals surface area contributed by atoms with Crippen LogP contribution >= 0.6 is 0 Å². The second-order valence-corrected chi connectivity index (χ2v) is 9.59. The standard InChI is InChI=1S/C20H24N2O3S/c1-20(2,3)14-21-19(23)16-9-10-18-15(13-16)11-12-22(18)26(24,25)17-7-5-4-6-8-17/h4-10,13H,11-12,14H2,1-3H3,(H,21,23). The molecular formula is C20H24N2O3S. The van der Waals surface area contributed by atoms with Gasteiger partial charge in [0, 0.05) is 18.7 Å². The minimum Gasteiger partial charge on any atom is -0.352 e. The Balaban J connectivity index is 1.84. The number of hydrogen-bond donors (Lipinski definition) is 1. The van der Waals surface area contributed by atoms with E-state index in [1.165, 1.54) is 4.31 Å². The Labute approximate surface area is 155 Å². The van der Waals surface area contributed by atoms with E-state index in [1.54, 1.807) is 48.5 Å². The van der Waals surface area contributed by atoms with Crippen molar-refractivity contribution in [1.29, 1.82) is 0 Å². The van der Waals surface area contributed by atoms with Crippen molar-refractivity contribution < 1.29 is 13.2 Å². The third-order valence-electron chi connectivity index (χ3n) is 4.31. The van der Waals surface area contributed by atoms with Crippen molar-refractivity contribution in [2.45, 2.75) is 32.1 Å². The van der Waals surface area contributed by atoms with E-state index in [1.807, 2.05) is 0 Å². The van der Waals surface area contributed by atoms with Gasteiger partial charge in [0.2, 0.25) is 0 Å². The van der Waals surface area contributed by atoms with Gasteiger partial charge in [-0.1, -0.05) is 39.0 Å². The topological polar surface area (TPSA) is 66.5 Å². The summed E-state index contributed by atoms with van der Waals surface area (Å²) in [4.78, 5) is 12.6. The second-order valence-electron chi connectivity index (χ2n) is 7.73. The van der Waals surface area contributed by atoms with Crippen LogP contribution in [-0.4, -0.2) is 27.4 Å². The lowest BCUT2D eigenvalue weighted by atomic mass is 9.97. The number of sulfonamides is 1. The Morgan fingerprint density at radius 1 is 1.12 bits per heavy atom. The molecule has 0 spiro atoms. The number of carbonyl (C=O) groups is 1. The Morgan fingerprint density at radius 3 is 2.46 bits per heavy atom. The fourth-order valence-corrected chi connectivity index (χ4v) is 4.45. The van der Waals surface area contributed by atoms with Gasteiger partial charge in [-0.05, 0) is 47.7 Å². The molecule has 2 aromatic rings. The molecule has 26 heavy (non-hydrogen) atoms. The number of benzene rings is 2. The van der Waals surface area contributed by atoms with Gasteiger partial charge in [0.15, 0.2) is 0 Å². The molecule has 1 N–H and O–H groups in total. The summed E-state index contributed by atoms with van der Waals surface area (Å²) in [6.45, 7) is 7.14. The molecule has 2 aromatic carbocycles. The third kappa shape index (κ3) is 3.75. The highest BCUT2D eigenvalue weighted by atomic mass is 32.2. The lowest BCUT2D eigenvalue weighted by molar-refractivity contribution is 0.0939. The Kier molecular flexibility index (Phi) is 4.80. The van der Waals surface area contributed by atoms with E-state index in [9.17, 15) is 13.2 Å². The van der Waals surface area contributed by atoms with Crippen LogP contribution in [-0.2, 0) is 16.4 Å². The van der Waals surface area contributed by atoms with E-state index >= 15 is 0 Å². The molecule has 1 aliphatic rings. The fourth-order valence-electron chi connectivity index (χ4n) is 2.93. The number of hydrogen-bond acceptors (Lipinski definition) is 3. The smallest absolute Gasteiger partial charge is 0.264 e. The fraction of sp³-hybridized carbons (Fsp3) is 0.350. The predicted molar refractivity (Wildman–Crippen MR) is 103 cm³/mol. The predicted octanol–water partition coefficient (Wildman–Crippen LogP) is 3.21. The first kappa shape index (κ1) is 18.5. The molecule has 0 unspecified atom stereocenters. The van der Waals surface area contributed by atoms with Gasteiger partial charge in [-0.25, -0.2) is 8.42 Å². The van der Waals surface area contributed by atoms with Crippen LogP contribution < -0.4 is 9.62 Å². The average Bonchev–Trinajstić information content (AvgIpc) is 3.03. The molecule has 0 aromatic heterocycles. The van der Waals surface area contributed by atoms with Crippen molar-refractivity contribution in [1.82, 2.24) is 5.32 Å². The maximum absolute atomic E-state index is 12.9. The molecule has 1 amide bonds. The molecule has 1 heterocycles. The minimum absolute atomic E-state index is 0.00689. The number of carbonyl (C=O) groups excluding carboxylic acids is 1. The summed E-state index contributed by atoms with van der Waals surface area (Å²) >= 11 is 0. The lowest BCUT2D eigenvalue weighted by Crippen LogP contribution is -2.32. The van der Waals surface area contributed by atoms with Crippen molar-refractivity contribution in [3.8, 4) is 0 Å². The summed E-state index contributed by atoms with van der Waals surface area (Å²) in [6.07, 6.45) is 0.599. The molecule has 0 saturated carbocycles. The number of rotatable bonds is 4. The first-order valence-corrected chi connectivity index (χ1v) is 10.1. The molecule has 0 fully saturated rings. The van der Waals surface area contributed by atoms with Crippen molar-refractivity contribution in [2.75, 3.05) is 17.4 Å². The number of anilines is 1. The summed E-state index contributed by atoms with van der Waals surface area (Å²) in [6, 6.07) is 13.6. The molecule has 5 nitrogen and oxygen atoms in total. The normalized spacial score (nSPS) is 14.2. The van der Waals surface area contributed by atoms with E-state index in [-0.39, 0.29) is 16.2 Å². The summed E-state index contributed by atoms with van der Waals surface area (Å²) in [5, 5.41) is 2.93. The van der Waals surface area contributed by atoms with Gasteiger partial charge in [0.25, 0.3) is 15.9 Å². The lowest BCUT2D eigenvalue weighted by Gasteiger charge is -2.20. The number of amides is 1. The van der Waals surface area contributed by atoms with Crippen LogP contribution in [0.1, 0.15) is 36.7 Å². The minimum atomic E-state index is -3.58. The van der Waals surface area contributed by atoms with Crippen LogP contribution in [0.3, 0.4) is 0 Å². The molecule has 3 rings (SSSR count). The molecule has 6 heteroatoms. The Morgan fingerprint density at radius 2 is 1.81 bits per heavy atom. The van der Waals surface area contributed by atoms with E-state index in [4.69, 9.17) is 0 Å². The van der Waals surface area contributed by atoms with Crippen LogP contribution in [0.5, 0.6) is 0 Å². The molecular weight excluding hydrogens is 348 g/mol. The van der Waals surface area contributed by atoms with Crippen molar-refractivity contribution in [3.63, 3.8) is 0 Å². The van der Waals surface area contributed by atoms with Gasteiger partial charge in [0.05, 0.1) is 10.6 Å². The van der Waals surface area contributed by atoms with Crippen LogP contribution in [0, 0.1) is 5.41 Å². The number of nitrogens with one attached hydrogen (secondary N) is 1. The molecule has 138 valence electrons. The van der Waals surface area contributed by atoms with Gasteiger partial charge in [-0.3, -0.25) is 9.10 Å². The zero-order chi connectivity index (χ0) is 18.9. The van der Waals surface area contributed by atoms with Crippen molar-refractivity contribution in [2.24, 2.45) is 5.41 Å². The van der Waals surface area contributed by atoms with Crippen molar-refractivity contribution in [3.05, 3.63) is 59.7 Å². The highest BCUT2D eigenvalue weighted by molar-refractivity contribution is 7.92. The zero-order valence-corrected chi connectivity index (χ0v) is 16.1. The van der Waals surface area contributed by atoms with E-state index in [0.29, 0.717) is 30.8 Å². The maximum atomic E-state index is 12.9. The monoisotopic (exact) mass is 372 g/mol. The molecule has 0 aliphatic carbocycles. The van der Waals surface area contributed by atoms with Gasteiger partial charge < -0.3 is 5.32 Å². The molecule has 0 radical (unpaired) electrons. The molecule has 0 bridgehead atoms. The summed E-state index contributed by atoms with van der Waals surface area (Å²) in [5.74, 6) is -0.132. The molecule has 1 aliphatic heterocycles.